The van der Waals surface area contributed by atoms with Gasteiger partial charge >= 0.3 is 18.0 Å². The molecular formula is C66H42F9N9O9S4. The number of benzene rings is 9. The topological polar surface area (TPSA) is 310 Å². The maximum atomic E-state index is 12.6. The molecule has 0 bridgehead atoms. The first kappa shape index (κ1) is 68.8. The molecule has 18 nitrogen and oxygen atoms in total. The minimum absolute atomic E-state index is 0.0104. The number of nitrogens with zero attached hydrogens (tertiary/aromatic N) is 3. The molecule has 0 spiro atoms. The molecule has 12 rings (SSSR count). The number of nitrogens with one attached hydrogen (secondary N) is 3. The zero-order chi connectivity index (χ0) is 69.9. The average molecular weight is 1400 g/mol. The molecule has 0 amide bonds. The van der Waals surface area contributed by atoms with Crippen molar-refractivity contribution in [3.63, 3.8) is 0 Å². The minimum atomic E-state index is -5.43. The molecule has 0 aliphatic rings. The van der Waals surface area contributed by atoms with Crippen LogP contribution in [0.4, 0.5) is 39.5 Å². The van der Waals surface area contributed by atoms with Crippen molar-refractivity contribution in [3.8, 4) is 74.7 Å². The van der Waals surface area contributed by atoms with Crippen molar-refractivity contribution in [3.05, 3.63) is 240 Å². The molecule has 3 heterocycles. The predicted octanol–water partition coefficient (Wildman–Crippen LogP) is 12.0. The van der Waals surface area contributed by atoms with Crippen molar-refractivity contribution in [2.45, 2.75) is 37.6 Å². The van der Waals surface area contributed by atoms with Gasteiger partial charge < -0.3 is 19.7 Å². The third-order valence-electron chi connectivity index (χ3n) is 13.7. The van der Waals surface area contributed by atoms with Crippen LogP contribution < -0.4 is 20.2 Å². The van der Waals surface area contributed by atoms with Crippen LogP contribution in [0.1, 0.15) is 39.7 Å². The van der Waals surface area contributed by atoms with Gasteiger partial charge in [0.2, 0.25) is 30.1 Å². The maximum Gasteiger partial charge on any atom is 0.573 e. The summed E-state index contributed by atoms with van der Waals surface area (Å²) in [5.74, 6) is 17.2. The monoisotopic (exact) mass is 1400 g/mol. The van der Waals surface area contributed by atoms with Gasteiger partial charge in [-0.15, -0.1) is 13.2 Å². The highest BCUT2D eigenvalue weighted by Crippen LogP contribution is 2.34. The number of halogens is 9. The van der Waals surface area contributed by atoms with Crippen molar-refractivity contribution >= 4 is 73.0 Å². The Hall–Kier alpha value is -11.1. The van der Waals surface area contributed by atoms with Gasteiger partial charge in [-0.2, -0.15) is 26.3 Å². The lowest BCUT2D eigenvalue weighted by Crippen LogP contribution is -2.23. The number of aromatic nitrogens is 6. The molecule has 0 radical (unpaired) electrons. The number of sulfonamides is 3. The molecule has 31 heteroatoms. The molecule has 0 atom stereocenters. The van der Waals surface area contributed by atoms with Crippen molar-refractivity contribution in [2.75, 3.05) is 0 Å². The lowest BCUT2D eigenvalue weighted by atomic mass is 10.1. The molecule has 0 aliphatic carbocycles. The predicted molar refractivity (Wildman–Crippen MR) is 341 cm³/mol. The van der Waals surface area contributed by atoms with Crippen molar-refractivity contribution in [1.29, 1.82) is 0 Å². The fourth-order valence-electron chi connectivity index (χ4n) is 9.30. The number of imidazole rings is 3. The number of nitrogens with two attached hydrogens (primary N) is 3. The second kappa shape index (κ2) is 27.0. The molecule has 492 valence electrons. The standard InChI is InChI=1S/C22H14F3N3O4S2.C22H14F3N3O3S.C22H14F3N3O2S/c23-22(24,25)33(29,30)16-9-5-14(6-10-16)7-12-21-27-18-11-8-15(13-19(18)28-21)17-3-1-2-4-20(17)34(26,31)32;23-22(24,25)31-16-9-5-14(6-10-16)7-12-21-27-18-11-8-15(13-19(18)28-21)17-3-1-2-4-20(17)32(26,29)30;23-22(24,25)16-9-5-14(6-10-16)7-12-21-27-18-11-8-15(13-19(18)28-21)17-3-1-2-4-20(17)31(26,29)30/h1-6,8-11,13H,(H,27,28)(H2,26,31,32);1-6,8-11,13H,(H,27,28)(H2,26,29,30);1-6,8-11,13H,(H,27,28)(H2,26,29,30). The number of hydrogen-bond acceptors (Lipinski definition) is 12. The van der Waals surface area contributed by atoms with Gasteiger partial charge in [-0.05, 0) is 162 Å². The molecular weight excluding hydrogens is 1360 g/mol. The summed E-state index contributed by atoms with van der Waals surface area (Å²) in [5, 5.41) is 15.9. The summed E-state index contributed by atoms with van der Waals surface area (Å²) >= 11 is 0. The van der Waals surface area contributed by atoms with Crippen LogP contribution in [0.2, 0.25) is 0 Å². The summed E-state index contributed by atoms with van der Waals surface area (Å²) in [6.07, 6.45) is -9.15. The molecule has 0 fully saturated rings. The second-order valence-electron chi connectivity index (χ2n) is 20.4. The first-order valence-electron chi connectivity index (χ1n) is 27.4. The van der Waals surface area contributed by atoms with Crippen LogP contribution in [0, 0.1) is 35.5 Å². The Morgan fingerprint density at radius 3 is 0.979 bits per heavy atom. The normalized spacial score (nSPS) is 12.0. The molecule has 0 unspecified atom stereocenters. The molecule has 0 aliphatic heterocycles. The molecule has 12 aromatic rings. The fraction of sp³-hybridized carbons (Fsp3) is 0.0455. The molecule has 9 N–H and O–H groups in total. The van der Waals surface area contributed by atoms with E-state index in [4.69, 9.17) is 15.4 Å². The van der Waals surface area contributed by atoms with Gasteiger partial charge in [0.1, 0.15) is 5.75 Å². The Bertz CT molecular complexity index is 5710. The van der Waals surface area contributed by atoms with E-state index in [1.165, 1.54) is 54.6 Å². The van der Waals surface area contributed by atoms with Gasteiger partial charge in [-0.25, -0.2) is 64.0 Å². The van der Waals surface area contributed by atoms with Gasteiger partial charge in [-0.1, -0.05) is 90.6 Å². The van der Waals surface area contributed by atoms with E-state index in [0.717, 1.165) is 36.4 Å². The Kier molecular flexibility index (Phi) is 19.1. The van der Waals surface area contributed by atoms with E-state index in [2.05, 4.69) is 70.2 Å². The van der Waals surface area contributed by atoms with Crippen LogP contribution in [0.3, 0.4) is 0 Å². The van der Waals surface area contributed by atoms with Crippen LogP contribution in [-0.2, 0) is 46.1 Å². The first-order valence-corrected chi connectivity index (χ1v) is 33.5. The summed E-state index contributed by atoms with van der Waals surface area (Å²) in [5.41, 5.74) is 1.81. The van der Waals surface area contributed by atoms with Crippen LogP contribution in [-0.4, -0.2) is 75.4 Å². The van der Waals surface area contributed by atoms with Crippen LogP contribution in [0.25, 0.3) is 66.5 Å². The van der Waals surface area contributed by atoms with Crippen molar-refractivity contribution in [2.24, 2.45) is 15.4 Å². The van der Waals surface area contributed by atoms with E-state index in [1.807, 2.05) is 0 Å². The zero-order valence-corrected chi connectivity index (χ0v) is 52.1. The van der Waals surface area contributed by atoms with Gasteiger partial charge in [0.05, 0.1) is 58.2 Å². The third-order valence-corrected chi connectivity index (χ3v) is 18.1. The quantitative estimate of drug-likeness (QED) is 0.0611. The second-order valence-corrected chi connectivity index (χ2v) is 27.0. The van der Waals surface area contributed by atoms with Gasteiger partial charge in [0.15, 0.2) is 17.5 Å². The molecule has 0 saturated carbocycles. The summed E-state index contributed by atoms with van der Waals surface area (Å²) in [6, 6.07) is 48.1. The van der Waals surface area contributed by atoms with Gasteiger partial charge in [0, 0.05) is 33.4 Å². The number of alkyl halides is 9. The Labute approximate surface area is 545 Å². The van der Waals surface area contributed by atoms with Gasteiger partial charge in [-0.3, -0.25) is 0 Å². The van der Waals surface area contributed by atoms with Crippen molar-refractivity contribution in [1.82, 2.24) is 29.9 Å². The molecule has 0 saturated heterocycles. The number of aromatic amines is 3. The summed E-state index contributed by atoms with van der Waals surface area (Å²) in [4.78, 5) is 21.2. The highest BCUT2D eigenvalue weighted by Gasteiger charge is 2.46. The van der Waals surface area contributed by atoms with E-state index in [1.54, 1.807) is 109 Å². The van der Waals surface area contributed by atoms with Gasteiger partial charge in [0.25, 0.3) is 9.84 Å². The van der Waals surface area contributed by atoms with Crippen LogP contribution in [0.5, 0.6) is 5.75 Å². The number of hydrogen-bond donors (Lipinski definition) is 6. The Morgan fingerprint density at radius 2 is 0.680 bits per heavy atom. The van der Waals surface area contributed by atoms with E-state index in [9.17, 15) is 73.2 Å². The van der Waals surface area contributed by atoms with Crippen molar-refractivity contribution < 1.29 is 77.9 Å². The molecule has 3 aromatic heterocycles. The average Bonchev–Trinajstić information content (AvgIpc) is 1.80. The first-order chi connectivity index (χ1) is 45.6. The Balaban J connectivity index is 0.000000158. The van der Waals surface area contributed by atoms with E-state index in [0.29, 0.717) is 89.3 Å². The summed E-state index contributed by atoms with van der Waals surface area (Å²) in [7, 11) is -17.2. The van der Waals surface area contributed by atoms with E-state index in [-0.39, 0.29) is 31.8 Å². The Morgan fingerprint density at radius 1 is 0.371 bits per heavy atom. The lowest BCUT2D eigenvalue weighted by Gasteiger charge is -2.07. The van der Waals surface area contributed by atoms with E-state index < -0.39 is 68.4 Å². The molecule has 97 heavy (non-hydrogen) atoms. The SMILES string of the molecule is NS(=O)(=O)c1ccccc1-c1ccc2nc(C#Cc3ccc(C(F)(F)F)cc3)[nH]c2c1.NS(=O)(=O)c1ccccc1-c1ccc2nc(C#Cc3ccc(OC(F)(F)F)cc3)[nH]c2c1.NS(=O)(=O)c1ccccc1-c1ccc2nc(C#Cc3ccc(S(=O)(=O)C(F)(F)F)cc3)[nH]c2c1. The number of rotatable bonds is 8. The van der Waals surface area contributed by atoms with E-state index >= 15 is 0 Å². The summed E-state index contributed by atoms with van der Waals surface area (Å²) in [6.45, 7) is 0. The zero-order valence-electron chi connectivity index (χ0n) is 48.8. The van der Waals surface area contributed by atoms with Crippen LogP contribution >= 0.6 is 0 Å². The third kappa shape index (κ3) is 16.9. The number of fused-ring (bicyclic) bond motifs is 3. The number of sulfone groups is 1. The molecule has 9 aromatic carbocycles. The number of primary sulfonamides is 3. The minimum Gasteiger partial charge on any atom is -0.406 e. The fourth-order valence-corrected chi connectivity index (χ4v) is 12.3. The number of ether oxygens (including phenoxy) is 1. The largest absolute Gasteiger partial charge is 0.573 e. The number of H-pyrrole nitrogens is 3. The van der Waals surface area contributed by atoms with Crippen LogP contribution in [0.15, 0.2) is 220 Å². The maximum absolute atomic E-state index is 12.6. The highest BCUT2D eigenvalue weighted by molar-refractivity contribution is 7.92. The highest BCUT2D eigenvalue weighted by atomic mass is 32.2. The lowest BCUT2D eigenvalue weighted by molar-refractivity contribution is -0.274. The smallest absolute Gasteiger partial charge is 0.406 e. The summed E-state index contributed by atoms with van der Waals surface area (Å²) < 4.78 is 211.